The molecule has 4 aromatic rings. The minimum atomic E-state index is 0.765. The van der Waals surface area contributed by atoms with Crippen molar-refractivity contribution >= 4 is 11.5 Å². The van der Waals surface area contributed by atoms with Gasteiger partial charge in [-0.2, -0.15) is 0 Å². The maximum Gasteiger partial charge on any atom is 0.139 e. The summed E-state index contributed by atoms with van der Waals surface area (Å²) in [5, 5.41) is 3.64. The average Bonchev–Trinajstić information content (AvgIpc) is 2.99. The minimum absolute atomic E-state index is 0.765. The molecule has 130 valence electrons. The Bertz CT molecular complexity index is 1060. The molecule has 2 heterocycles. The second kappa shape index (κ2) is 6.68. The van der Waals surface area contributed by atoms with Gasteiger partial charge in [-0.3, -0.25) is 4.40 Å². The molecule has 0 radical (unpaired) electrons. The summed E-state index contributed by atoms with van der Waals surface area (Å²) in [4.78, 5) is 4.98. The van der Waals surface area contributed by atoms with Crippen LogP contribution in [-0.4, -0.2) is 9.38 Å². The standard InChI is InChI=1S/C23H23N3/c1-16-13-18(3)26-21(14-16)25-22(20-12-8-7-9-17(20)2)23(26)24-15-19-10-5-4-6-11-19/h4-14,24H,15H2,1-3H3. The van der Waals surface area contributed by atoms with E-state index < -0.39 is 0 Å². The van der Waals surface area contributed by atoms with E-state index in [1.807, 2.05) is 6.07 Å². The lowest BCUT2D eigenvalue weighted by Gasteiger charge is -2.12. The van der Waals surface area contributed by atoms with E-state index in [1.165, 1.54) is 27.9 Å². The van der Waals surface area contributed by atoms with Gasteiger partial charge >= 0.3 is 0 Å². The maximum absolute atomic E-state index is 4.98. The summed E-state index contributed by atoms with van der Waals surface area (Å²) in [7, 11) is 0. The molecule has 2 aromatic carbocycles. The fourth-order valence-electron chi connectivity index (χ4n) is 3.50. The van der Waals surface area contributed by atoms with Crippen LogP contribution >= 0.6 is 0 Å². The van der Waals surface area contributed by atoms with Crippen molar-refractivity contribution in [3.63, 3.8) is 0 Å². The van der Waals surface area contributed by atoms with Gasteiger partial charge in [-0.25, -0.2) is 4.98 Å². The number of imidazole rings is 1. The highest BCUT2D eigenvalue weighted by molar-refractivity contribution is 5.79. The predicted octanol–water partition coefficient (Wildman–Crippen LogP) is 5.54. The van der Waals surface area contributed by atoms with E-state index in [9.17, 15) is 0 Å². The van der Waals surface area contributed by atoms with Crippen molar-refractivity contribution in [2.45, 2.75) is 27.3 Å². The number of aromatic nitrogens is 2. The largest absolute Gasteiger partial charge is 0.365 e. The number of aryl methyl sites for hydroxylation is 3. The SMILES string of the molecule is Cc1cc(C)n2c(NCc3ccccc3)c(-c3ccccc3C)nc2c1. The first-order valence-corrected chi connectivity index (χ1v) is 8.97. The molecule has 1 N–H and O–H groups in total. The fraction of sp³-hybridized carbons (Fsp3) is 0.174. The molecule has 0 spiro atoms. The van der Waals surface area contributed by atoms with Gasteiger partial charge in [0.1, 0.15) is 17.2 Å². The Morgan fingerprint density at radius 1 is 0.885 bits per heavy atom. The van der Waals surface area contributed by atoms with Gasteiger partial charge in [0.15, 0.2) is 0 Å². The molecule has 0 unspecified atom stereocenters. The number of hydrogen-bond donors (Lipinski definition) is 1. The van der Waals surface area contributed by atoms with Crippen LogP contribution in [0.1, 0.15) is 22.4 Å². The molecule has 0 bridgehead atoms. The van der Waals surface area contributed by atoms with E-state index in [0.717, 1.165) is 23.7 Å². The third-order valence-electron chi connectivity index (χ3n) is 4.75. The third-order valence-corrected chi connectivity index (χ3v) is 4.75. The molecule has 2 aromatic heterocycles. The van der Waals surface area contributed by atoms with Gasteiger partial charge in [0.05, 0.1) is 0 Å². The van der Waals surface area contributed by atoms with E-state index in [1.54, 1.807) is 0 Å². The van der Waals surface area contributed by atoms with Gasteiger partial charge in [0.25, 0.3) is 0 Å². The van der Waals surface area contributed by atoms with Gasteiger partial charge in [-0.1, -0.05) is 54.6 Å². The van der Waals surface area contributed by atoms with Crippen LogP contribution < -0.4 is 5.32 Å². The Labute approximate surface area is 154 Å². The van der Waals surface area contributed by atoms with E-state index >= 15 is 0 Å². The van der Waals surface area contributed by atoms with Crippen LogP contribution in [0.5, 0.6) is 0 Å². The summed E-state index contributed by atoms with van der Waals surface area (Å²) in [5.74, 6) is 1.05. The van der Waals surface area contributed by atoms with Crippen molar-refractivity contribution in [2.24, 2.45) is 0 Å². The monoisotopic (exact) mass is 341 g/mol. The quantitative estimate of drug-likeness (QED) is 0.528. The molecule has 0 aliphatic heterocycles. The molecule has 26 heavy (non-hydrogen) atoms. The fourth-order valence-corrected chi connectivity index (χ4v) is 3.50. The topological polar surface area (TPSA) is 29.3 Å². The molecule has 0 saturated carbocycles. The second-order valence-corrected chi connectivity index (χ2v) is 6.83. The van der Waals surface area contributed by atoms with Gasteiger partial charge in [0, 0.05) is 17.8 Å². The number of hydrogen-bond acceptors (Lipinski definition) is 2. The number of pyridine rings is 1. The highest BCUT2D eigenvalue weighted by Crippen LogP contribution is 2.32. The van der Waals surface area contributed by atoms with Crippen molar-refractivity contribution < 1.29 is 0 Å². The summed E-state index contributed by atoms with van der Waals surface area (Å²) < 4.78 is 2.22. The van der Waals surface area contributed by atoms with Crippen molar-refractivity contribution in [3.8, 4) is 11.3 Å². The lowest BCUT2D eigenvalue weighted by molar-refractivity contribution is 1.04. The average molecular weight is 341 g/mol. The van der Waals surface area contributed by atoms with Crippen LogP contribution in [0.4, 0.5) is 5.82 Å². The van der Waals surface area contributed by atoms with Crippen LogP contribution in [0, 0.1) is 20.8 Å². The predicted molar refractivity (Wildman–Crippen MR) is 109 cm³/mol. The summed E-state index contributed by atoms with van der Waals surface area (Å²) in [5.41, 5.74) is 8.05. The van der Waals surface area contributed by atoms with Gasteiger partial charge in [0.2, 0.25) is 0 Å². The van der Waals surface area contributed by atoms with Crippen LogP contribution in [0.25, 0.3) is 16.9 Å². The molecule has 0 aliphatic rings. The highest BCUT2D eigenvalue weighted by Gasteiger charge is 2.17. The van der Waals surface area contributed by atoms with Crippen molar-refractivity contribution in [1.29, 1.82) is 0 Å². The molecule has 0 amide bonds. The van der Waals surface area contributed by atoms with Crippen LogP contribution in [0.15, 0.2) is 66.7 Å². The molecule has 0 atom stereocenters. The summed E-state index contributed by atoms with van der Waals surface area (Å²) in [6.07, 6.45) is 0. The highest BCUT2D eigenvalue weighted by atomic mass is 15.1. The first kappa shape index (κ1) is 16.4. The zero-order valence-electron chi connectivity index (χ0n) is 15.5. The van der Waals surface area contributed by atoms with Crippen LogP contribution in [0.3, 0.4) is 0 Å². The zero-order valence-corrected chi connectivity index (χ0v) is 15.5. The van der Waals surface area contributed by atoms with Crippen molar-refractivity contribution in [1.82, 2.24) is 9.38 Å². The van der Waals surface area contributed by atoms with Gasteiger partial charge < -0.3 is 5.32 Å². The third kappa shape index (κ3) is 2.97. The first-order chi connectivity index (χ1) is 12.6. The smallest absolute Gasteiger partial charge is 0.139 e. The lowest BCUT2D eigenvalue weighted by atomic mass is 10.1. The van der Waals surface area contributed by atoms with E-state index in [-0.39, 0.29) is 0 Å². The lowest BCUT2D eigenvalue weighted by Crippen LogP contribution is -2.05. The van der Waals surface area contributed by atoms with Crippen LogP contribution in [-0.2, 0) is 6.54 Å². The molecular weight excluding hydrogens is 318 g/mol. The Morgan fingerprint density at radius 3 is 2.38 bits per heavy atom. The Kier molecular flexibility index (Phi) is 4.21. The molecule has 3 nitrogen and oxygen atoms in total. The Hall–Kier alpha value is -3.07. The number of benzene rings is 2. The number of nitrogens with zero attached hydrogens (tertiary/aromatic N) is 2. The van der Waals surface area contributed by atoms with Crippen molar-refractivity contribution in [3.05, 3.63) is 89.1 Å². The molecule has 4 rings (SSSR count). The van der Waals surface area contributed by atoms with Crippen LogP contribution in [0.2, 0.25) is 0 Å². The van der Waals surface area contributed by atoms with Crippen molar-refractivity contribution in [2.75, 3.05) is 5.32 Å². The number of anilines is 1. The molecule has 0 fully saturated rings. The summed E-state index contributed by atoms with van der Waals surface area (Å²) in [6, 6.07) is 23.2. The van der Waals surface area contributed by atoms with Gasteiger partial charge in [-0.15, -0.1) is 0 Å². The van der Waals surface area contributed by atoms with E-state index in [0.29, 0.717) is 0 Å². The van der Waals surface area contributed by atoms with E-state index in [4.69, 9.17) is 4.98 Å². The Balaban J connectivity index is 1.87. The number of fused-ring (bicyclic) bond motifs is 1. The normalized spacial score (nSPS) is 11.0. The van der Waals surface area contributed by atoms with Gasteiger partial charge in [-0.05, 0) is 49.6 Å². The molecule has 3 heteroatoms. The number of rotatable bonds is 4. The van der Waals surface area contributed by atoms with E-state index in [2.05, 4.69) is 91.2 Å². The first-order valence-electron chi connectivity index (χ1n) is 8.97. The summed E-state index contributed by atoms with van der Waals surface area (Å²) >= 11 is 0. The summed E-state index contributed by atoms with van der Waals surface area (Å²) in [6.45, 7) is 7.16. The maximum atomic E-state index is 4.98. The minimum Gasteiger partial charge on any atom is -0.365 e. The molecular formula is C23H23N3. The second-order valence-electron chi connectivity index (χ2n) is 6.83. The Morgan fingerprint density at radius 2 is 1.62 bits per heavy atom. The molecule has 0 saturated heterocycles. The zero-order chi connectivity index (χ0) is 18.1. The number of nitrogens with one attached hydrogen (secondary N) is 1. The molecule has 0 aliphatic carbocycles.